The third-order valence-corrected chi connectivity index (χ3v) is 4.71. The highest BCUT2D eigenvalue weighted by Crippen LogP contribution is 2.27. The molecule has 0 saturated carbocycles. The normalized spacial score (nSPS) is 14.4. The van der Waals surface area contributed by atoms with Crippen LogP contribution in [0.4, 0.5) is 5.69 Å². The summed E-state index contributed by atoms with van der Waals surface area (Å²) in [7, 11) is 1.60. The van der Waals surface area contributed by atoms with Gasteiger partial charge < -0.3 is 14.5 Å². The molecule has 138 valence electrons. The van der Waals surface area contributed by atoms with Crippen molar-refractivity contribution in [2.24, 2.45) is 0 Å². The fraction of sp³-hybridized carbons (Fsp3) is 0.316. The molecule has 1 saturated heterocycles. The Hall–Kier alpha value is -3.29. The van der Waals surface area contributed by atoms with Crippen LogP contribution >= 0.6 is 0 Å². The number of aryl methyl sites for hydroxylation is 1. The van der Waals surface area contributed by atoms with Crippen LogP contribution < -0.4 is 9.64 Å². The van der Waals surface area contributed by atoms with E-state index in [1.165, 1.54) is 6.33 Å². The van der Waals surface area contributed by atoms with Gasteiger partial charge in [-0.05, 0) is 25.1 Å². The summed E-state index contributed by atoms with van der Waals surface area (Å²) in [6.07, 6.45) is 4.66. The Labute approximate surface area is 156 Å². The maximum Gasteiger partial charge on any atom is 0.274 e. The lowest BCUT2D eigenvalue weighted by atomic mass is 10.2. The molecule has 8 nitrogen and oxygen atoms in total. The zero-order chi connectivity index (χ0) is 18.8. The Kier molecular flexibility index (Phi) is 4.53. The SMILES string of the molecule is COc1ncnc2ccc(N3CCN(C(=O)c4cnc(C)cn4)CC3)cc12. The number of rotatable bonds is 3. The molecule has 0 unspecified atom stereocenters. The van der Waals surface area contributed by atoms with Crippen LogP contribution in [0.1, 0.15) is 16.2 Å². The average Bonchev–Trinajstić information content (AvgIpc) is 2.73. The van der Waals surface area contributed by atoms with Gasteiger partial charge in [0.2, 0.25) is 5.88 Å². The Morgan fingerprint density at radius 3 is 2.56 bits per heavy atom. The summed E-state index contributed by atoms with van der Waals surface area (Å²) in [6, 6.07) is 6.04. The van der Waals surface area contributed by atoms with Crippen LogP contribution in [0.2, 0.25) is 0 Å². The van der Waals surface area contributed by atoms with Crippen LogP contribution in [0, 0.1) is 6.92 Å². The molecule has 1 aliphatic heterocycles. The molecule has 27 heavy (non-hydrogen) atoms. The lowest BCUT2D eigenvalue weighted by Gasteiger charge is -2.36. The highest BCUT2D eigenvalue weighted by Gasteiger charge is 2.23. The van der Waals surface area contributed by atoms with E-state index in [-0.39, 0.29) is 5.91 Å². The molecule has 0 radical (unpaired) electrons. The van der Waals surface area contributed by atoms with Crippen molar-refractivity contribution >= 4 is 22.5 Å². The summed E-state index contributed by atoms with van der Waals surface area (Å²) in [4.78, 5) is 33.4. The Morgan fingerprint density at radius 2 is 1.85 bits per heavy atom. The minimum atomic E-state index is -0.0734. The minimum absolute atomic E-state index is 0.0734. The van der Waals surface area contributed by atoms with Gasteiger partial charge in [0.1, 0.15) is 12.0 Å². The molecule has 8 heteroatoms. The summed E-state index contributed by atoms with van der Waals surface area (Å²) in [5, 5.41) is 0.880. The van der Waals surface area contributed by atoms with E-state index in [0.717, 1.165) is 35.4 Å². The third-order valence-electron chi connectivity index (χ3n) is 4.71. The van der Waals surface area contributed by atoms with Gasteiger partial charge in [0.25, 0.3) is 5.91 Å². The highest BCUT2D eigenvalue weighted by atomic mass is 16.5. The Balaban J connectivity index is 1.48. The topological polar surface area (TPSA) is 84.3 Å². The number of hydrogen-bond acceptors (Lipinski definition) is 7. The molecule has 0 atom stereocenters. The van der Waals surface area contributed by atoms with Crippen molar-refractivity contribution in [3.05, 3.63) is 48.3 Å². The predicted octanol–water partition coefficient (Wildman–Crippen LogP) is 1.70. The van der Waals surface area contributed by atoms with E-state index in [2.05, 4.69) is 24.8 Å². The molecule has 0 aliphatic carbocycles. The molecule has 1 aliphatic rings. The second-order valence-electron chi connectivity index (χ2n) is 6.41. The molecule has 0 bridgehead atoms. The number of piperazine rings is 1. The third kappa shape index (κ3) is 3.38. The lowest BCUT2D eigenvalue weighted by Crippen LogP contribution is -2.49. The van der Waals surface area contributed by atoms with Gasteiger partial charge in [-0.3, -0.25) is 9.78 Å². The van der Waals surface area contributed by atoms with Gasteiger partial charge in [-0.25, -0.2) is 15.0 Å². The van der Waals surface area contributed by atoms with Crippen molar-refractivity contribution in [2.75, 3.05) is 38.2 Å². The van der Waals surface area contributed by atoms with E-state index < -0.39 is 0 Å². The molecule has 1 fully saturated rings. The summed E-state index contributed by atoms with van der Waals surface area (Å²) in [5.41, 5.74) is 3.10. The quantitative estimate of drug-likeness (QED) is 0.699. The molecule has 2 aromatic heterocycles. The maximum atomic E-state index is 12.6. The van der Waals surface area contributed by atoms with Crippen molar-refractivity contribution in [1.29, 1.82) is 0 Å². The standard InChI is InChI=1S/C19H20N6O2/c1-13-10-21-17(11-20-13)19(26)25-7-5-24(6-8-25)14-3-4-16-15(9-14)18(27-2)23-12-22-16/h3-4,9-12H,5-8H2,1-2H3. The summed E-state index contributed by atoms with van der Waals surface area (Å²) in [5.74, 6) is 0.490. The molecule has 1 aromatic carbocycles. The number of benzene rings is 1. The minimum Gasteiger partial charge on any atom is -0.480 e. The number of amides is 1. The van der Waals surface area contributed by atoms with Gasteiger partial charge in [0.15, 0.2) is 0 Å². The van der Waals surface area contributed by atoms with E-state index in [1.807, 2.05) is 30.0 Å². The smallest absolute Gasteiger partial charge is 0.274 e. The van der Waals surface area contributed by atoms with Crippen molar-refractivity contribution < 1.29 is 9.53 Å². The largest absolute Gasteiger partial charge is 0.480 e. The number of ether oxygens (including phenoxy) is 1. The fourth-order valence-corrected chi connectivity index (χ4v) is 3.21. The predicted molar refractivity (Wildman–Crippen MR) is 101 cm³/mol. The lowest BCUT2D eigenvalue weighted by molar-refractivity contribution is 0.0740. The van der Waals surface area contributed by atoms with Crippen LogP contribution in [0.3, 0.4) is 0 Å². The van der Waals surface area contributed by atoms with Crippen molar-refractivity contribution in [3.8, 4) is 5.88 Å². The number of aromatic nitrogens is 4. The molecule has 1 amide bonds. The molecule has 0 N–H and O–H groups in total. The summed E-state index contributed by atoms with van der Waals surface area (Å²) >= 11 is 0. The van der Waals surface area contributed by atoms with E-state index in [0.29, 0.717) is 24.7 Å². The van der Waals surface area contributed by atoms with Crippen molar-refractivity contribution in [3.63, 3.8) is 0 Å². The van der Waals surface area contributed by atoms with Gasteiger partial charge in [0.05, 0.1) is 29.9 Å². The van der Waals surface area contributed by atoms with Crippen molar-refractivity contribution in [2.45, 2.75) is 6.92 Å². The average molecular weight is 364 g/mol. The number of carbonyl (C=O) groups excluding carboxylic acids is 1. The molecule has 3 aromatic rings. The van der Waals surface area contributed by atoms with E-state index in [4.69, 9.17) is 4.74 Å². The Bertz CT molecular complexity index is 968. The van der Waals surface area contributed by atoms with E-state index in [1.54, 1.807) is 19.5 Å². The van der Waals surface area contributed by atoms with E-state index >= 15 is 0 Å². The van der Waals surface area contributed by atoms with Gasteiger partial charge in [-0.15, -0.1) is 0 Å². The maximum absolute atomic E-state index is 12.6. The molecule has 0 spiro atoms. The molecule has 3 heterocycles. The second-order valence-corrected chi connectivity index (χ2v) is 6.41. The second kappa shape index (κ2) is 7.14. The Morgan fingerprint density at radius 1 is 1.04 bits per heavy atom. The van der Waals surface area contributed by atoms with Crippen LogP contribution in [-0.4, -0.2) is 64.0 Å². The first kappa shape index (κ1) is 17.1. The molecule has 4 rings (SSSR count). The first-order valence-corrected chi connectivity index (χ1v) is 8.77. The zero-order valence-corrected chi connectivity index (χ0v) is 15.3. The van der Waals surface area contributed by atoms with Crippen molar-refractivity contribution in [1.82, 2.24) is 24.8 Å². The molecular weight excluding hydrogens is 344 g/mol. The summed E-state index contributed by atoms with van der Waals surface area (Å²) < 4.78 is 5.34. The monoisotopic (exact) mass is 364 g/mol. The van der Waals surface area contributed by atoms with Crippen LogP contribution in [0.15, 0.2) is 36.9 Å². The first-order chi connectivity index (χ1) is 13.2. The van der Waals surface area contributed by atoms with Crippen LogP contribution in [0.5, 0.6) is 5.88 Å². The summed E-state index contributed by atoms with van der Waals surface area (Å²) in [6.45, 7) is 4.60. The number of carbonyl (C=O) groups is 1. The number of fused-ring (bicyclic) bond motifs is 1. The van der Waals surface area contributed by atoms with Gasteiger partial charge in [-0.1, -0.05) is 0 Å². The molecular formula is C19H20N6O2. The number of methoxy groups -OCH3 is 1. The number of hydrogen-bond donors (Lipinski definition) is 0. The number of nitrogens with zero attached hydrogens (tertiary/aromatic N) is 6. The van der Waals surface area contributed by atoms with Gasteiger partial charge >= 0.3 is 0 Å². The highest BCUT2D eigenvalue weighted by molar-refractivity contribution is 5.92. The van der Waals surface area contributed by atoms with E-state index in [9.17, 15) is 4.79 Å². The first-order valence-electron chi connectivity index (χ1n) is 8.77. The zero-order valence-electron chi connectivity index (χ0n) is 15.3. The van der Waals surface area contributed by atoms with Gasteiger partial charge in [-0.2, -0.15) is 0 Å². The van der Waals surface area contributed by atoms with Crippen LogP contribution in [-0.2, 0) is 0 Å². The van der Waals surface area contributed by atoms with Crippen LogP contribution in [0.25, 0.3) is 10.9 Å². The number of anilines is 1. The fourth-order valence-electron chi connectivity index (χ4n) is 3.21. The van der Waals surface area contributed by atoms with Gasteiger partial charge in [0, 0.05) is 38.1 Å².